The molecule has 0 N–H and O–H groups in total. The molecule has 0 spiro atoms. The summed E-state index contributed by atoms with van der Waals surface area (Å²) >= 11 is 0. The lowest BCUT2D eigenvalue weighted by Crippen LogP contribution is -2.37. The number of unbranched alkanes of at least 4 members (excludes halogenated alkanes) is 1. The summed E-state index contributed by atoms with van der Waals surface area (Å²) in [5, 5.41) is 0. The molecule has 0 aromatic rings. The highest BCUT2D eigenvalue weighted by atomic mass is 16.5. The molecule has 0 aromatic carbocycles. The van der Waals surface area contributed by atoms with Gasteiger partial charge in [-0.15, -0.1) is 0 Å². The molecule has 0 amide bonds. The minimum atomic E-state index is -0.594. The molecule has 0 aromatic heterocycles. The second kappa shape index (κ2) is 6.88. The molecule has 1 aliphatic rings. The highest BCUT2D eigenvalue weighted by Gasteiger charge is 2.47. The smallest absolute Gasteiger partial charge is 0.311 e. The fourth-order valence-corrected chi connectivity index (χ4v) is 2.80. The van der Waals surface area contributed by atoms with E-state index in [9.17, 15) is 9.59 Å². The van der Waals surface area contributed by atoms with Gasteiger partial charge in [-0.2, -0.15) is 0 Å². The molecule has 3 heteroatoms. The minimum Gasteiger partial charge on any atom is -0.466 e. The number of hydrogen-bond acceptors (Lipinski definition) is 3. The van der Waals surface area contributed by atoms with Crippen LogP contribution in [0.1, 0.15) is 53.4 Å². The van der Waals surface area contributed by atoms with E-state index in [-0.39, 0.29) is 23.6 Å². The van der Waals surface area contributed by atoms with Gasteiger partial charge >= 0.3 is 5.97 Å². The van der Waals surface area contributed by atoms with Crippen molar-refractivity contribution in [3.63, 3.8) is 0 Å². The third-order valence-electron chi connectivity index (χ3n) is 4.03. The average Bonchev–Trinajstić information content (AvgIpc) is 2.72. The second-order valence-electron chi connectivity index (χ2n) is 5.80. The van der Waals surface area contributed by atoms with Crippen LogP contribution in [0.3, 0.4) is 0 Å². The minimum absolute atomic E-state index is 0.0622. The first kappa shape index (κ1) is 15.9. The zero-order valence-electron chi connectivity index (χ0n) is 12.6. The van der Waals surface area contributed by atoms with Gasteiger partial charge in [0, 0.05) is 12.3 Å². The fourth-order valence-electron chi connectivity index (χ4n) is 2.80. The van der Waals surface area contributed by atoms with Gasteiger partial charge in [0.1, 0.15) is 5.78 Å². The summed E-state index contributed by atoms with van der Waals surface area (Å²) < 4.78 is 5.15. The van der Waals surface area contributed by atoms with Crippen molar-refractivity contribution < 1.29 is 14.3 Å². The maximum absolute atomic E-state index is 12.1. The highest BCUT2D eigenvalue weighted by molar-refractivity contribution is 5.87. The van der Waals surface area contributed by atoms with Crippen LogP contribution in [0.5, 0.6) is 0 Å². The number of rotatable bonds is 6. The van der Waals surface area contributed by atoms with E-state index in [1.54, 1.807) is 0 Å². The quantitative estimate of drug-likeness (QED) is 0.545. The number of carbonyl (C=O) groups is 2. The zero-order valence-corrected chi connectivity index (χ0v) is 12.6. The van der Waals surface area contributed by atoms with Crippen LogP contribution in [0, 0.1) is 17.3 Å². The van der Waals surface area contributed by atoms with Crippen molar-refractivity contribution in [1.82, 2.24) is 0 Å². The molecule has 0 bridgehead atoms. The second-order valence-corrected chi connectivity index (χ2v) is 5.80. The first-order valence-electron chi connectivity index (χ1n) is 7.31. The van der Waals surface area contributed by atoms with Gasteiger partial charge in [-0.25, -0.2) is 0 Å². The first-order chi connectivity index (χ1) is 8.95. The predicted molar refractivity (Wildman–Crippen MR) is 75.7 cm³/mol. The van der Waals surface area contributed by atoms with Gasteiger partial charge in [0.2, 0.25) is 0 Å². The van der Waals surface area contributed by atoms with E-state index in [4.69, 9.17) is 4.74 Å². The van der Waals surface area contributed by atoms with Gasteiger partial charge in [-0.3, -0.25) is 9.59 Å². The van der Waals surface area contributed by atoms with Crippen LogP contribution in [0.4, 0.5) is 0 Å². The average molecular weight is 266 g/mol. The van der Waals surface area contributed by atoms with Gasteiger partial charge in [-0.1, -0.05) is 25.5 Å². The number of esters is 1. The summed E-state index contributed by atoms with van der Waals surface area (Å²) in [5.41, 5.74) is -0.594. The predicted octanol–water partition coefficient (Wildman–Crippen LogP) is 3.53. The van der Waals surface area contributed by atoms with Crippen LogP contribution in [0.25, 0.3) is 0 Å². The van der Waals surface area contributed by atoms with Gasteiger partial charge in [-0.05, 0) is 39.5 Å². The molecule has 0 heterocycles. The Morgan fingerprint density at radius 3 is 2.68 bits per heavy atom. The van der Waals surface area contributed by atoms with Crippen molar-refractivity contribution in [3.05, 3.63) is 12.2 Å². The number of hydrogen-bond donors (Lipinski definition) is 0. The third kappa shape index (κ3) is 3.68. The maximum atomic E-state index is 12.1. The van der Waals surface area contributed by atoms with E-state index in [0.717, 1.165) is 19.3 Å². The monoisotopic (exact) mass is 266 g/mol. The van der Waals surface area contributed by atoms with Crippen molar-refractivity contribution in [3.8, 4) is 0 Å². The van der Waals surface area contributed by atoms with Crippen LogP contribution in [-0.4, -0.2) is 18.4 Å². The fraction of sp³-hybridized carbons (Fsp3) is 0.750. The van der Waals surface area contributed by atoms with Crippen LogP contribution in [0.2, 0.25) is 0 Å². The lowest BCUT2D eigenvalue weighted by molar-refractivity contribution is -0.157. The Kier molecular flexibility index (Phi) is 5.77. The number of Topliss-reactive ketones (excluding diaryl/α,β-unsaturated/α-hetero) is 1. The molecule has 2 unspecified atom stereocenters. The first-order valence-corrected chi connectivity index (χ1v) is 7.31. The van der Waals surface area contributed by atoms with Gasteiger partial charge < -0.3 is 4.74 Å². The Morgan fingerprint density at radius 2 is 2.11 bits per heavy atom. The standard InChI is InChI=1S/C16H26O3/c1-5-7-8-9-12-13(10-11-14(12)17)16(3,4)15(18)19-6-2/h8-9,12-13H,5-7,10-11H2,1-4H3. The van der Waals surface area contributed by atoms with Crippen molar-refractivity contribution in [2.24, 2.45) is 17.3 Å². The molecular formula is C16H26O3. The molecule has 1 fully saturated rings. The van der Waals surface area contributed by atoms with Gasteiger partial charge in [0.05, 0.1) is 12.0 Å². The van der Waals surface area contributed by atoms with Crippen molar-refractivity contribution in [1.29, 1.82) is 0 Å². The largest absolute Gasteiger partial charge is 0.466 e. The highest BCUT2D eigenvalue weighted by Crippen LogP contribution is 2.43. The molecule has 1 rings (SSSR count). The summed E-state index contributed by atoms with van der Waals surface area (Å²) in [7, 11) is 0. The van der Waals surface area contributed by atoms with Crippen LogP contribution in [-0.2, 0) is 14.3 Å². The van der Waals surface area contributed by atoms with E-state index >= 15 is 0 Å². The van der Waals surface area contributed by atoms with Gasteiger partial charge in [0.15, 0.2) is 0 Å². The molecule has 2 atom stereocenters. The normalized spacial score (nSPS) is 24.1. The van der Waals surface area contributed by atoms with E-state index in [0.29, 0.717) is 13.0 Å². The Labute approximate surface area is 116 Å². The Morgan fingerprint density at radius 1 is 1.42 bits per heavy atom. The number of ketones is 1. The van der Waals surface area contributed by atoms with Crippen LogP contribution < -0.4 is 0 Å². The van der Waals surface area contributed by atoms with Crippen molar-refractivity contribution >= 4 is 11.8 Å². The maximum Gasteiger partial charge on any atom is 0.311 e. The van der Waals surface area contributed by atoms with E-state index in [2.05, 4.69) is 13.0 Å². The van der Waals surface area contributed by atoms with Crippen LogP contribution in [0.15, 0.2) is 12.2 Å². The third-order valence-corrected chi connectivity index (χ3v) is 4.03. The molecular weight excluding hydrogens is 240 g/mol. The summed E-state index contributed by atoms with van der Waals surface area (Å²) in [4.78, 5) is 24.1. The van der Waals surface area contributed by atoms with E-state index < -0.39 is 5.41 Å². The molecule has 3 nitrogen and oxygen atoms in total. The molecule has 0 radical (unpaired) electrons. The SMILES string of the molecule is CCCC=CC1C(=O)CCC1C(C)(C)C(=O)OCC. The molecule has 0 saturated heterocycles. The van der Waals surface area contributed by atoms with Crippen LogP contribution >= 0.6 is 0 Å². The summed E-state index contributed by atoms with van der Waals surface area (Å²) in [6.07, 6.45) is 7.49. The zero-order chi connectivity index (χ0) is 14.5. The Hall–Kier alpha value is -1.12. The Bertz CT molecular complexity index is 355. The molecule has 19 heavy (non-hydrogen) atoms. The molecule has 108 valence electrons. The molecule has 0 aliphatic heterocycles. The Balaban J connectivity index is 2.84. The summed E-state index contributed by atoms with van der Waals surface area (Å²) in [6.45, 7) is 8.11. The lowest BCUT2D eigenvalue weighted by Gasteiger charge is -2.31. The molecule has 1 aliphatic carbocycles. The number of carbonyl (C=O) groups excluding carboxylic acids is 2. The number of allylic oxidation sites excluding steroid dienone is 2. The topological polar surface area (TPSA) is 43.4 Å². The van der Waals surface area contributed by atoms with Crippen molar-refractivity contribution in [2.45, 2.75) is 53.4 Å². The van der Waals surface area contributed by atoms with E-state index in [1.165, 1.54) is 0 Å². The number of ether oxygens (including phenoxy) is 1. The molecule has 1 saturated carbocycles. The van der Waals surface area contributed by atoms with Crippen molar-refractivity contribution in [2.75, 3.05) is 6.61 Å². The summed E-state index contributed by atoms with van der Waals surface area (Å²) in [5.74, 6) is 0.0106. The summed E-state index contributed by atoms with van der Waals surface area (Å²) in [6, 6.07) is 0. The van der Waals surface area contributed by atoms with E-state index in [1.807, 2.05) is 26.8 Å². The lowest BCUT2D eigenvalue weighted by atomic mass is 9.73. The van der Waals surface area contributed by atoms with Gasteiger partial charge in [0.25, 0.3) is 0 Å².